The van der Waals surface area contributed by atoms with Gasteiger partial charge < -0.3 is 33.9 Å². The number of alkyl halides is 8. The van der Waals surface area contributed by atoms with Gasteiger partial charge in [0.2, 0.25) is 0 Å². The summed E-state index contributed by atoms with van der Waals surface area (Å²) in [5, 5.41) is 39.4. The number of H-pyrrole nitrogens is 3. The Bertz CT molecular complexity index is 4380. The lowest BCUT2D eigenvalue weighted by atomic mass is 9.89. The molecular weight excluding hydrogens is 1210 g/mol. The number of pyridine rings is 3. The normalized spacial score (nSPS) is 13.8. The second-order valence-electron chi connectivity index (χ2n) is 19.6. The third kappa shape index (κ3) is 14.7. The van der Waals surface area contributed by atoms with E-state index in [-0.39, 0.29) is 69.3 Å². The number of halogens is 8. The van der Waals surface area contributed by atoms with Crippen molar-refractivity contribution in [1.29, 1.82) is 0 Å². The van der Waals surface area contributed by atoms with Crippen LogP contribution < -0.4 is 16.0 Å². The molecule has 12 aromatic heterocycles. The van der Waals surface area contributed by atoms with Crippen LogP contribution in [0.1, 0.15) is 69.7 Å². The topological polar surface area (TPSA) is 314 Å². The van der Waals surface area contributed by atoms with Crippen molar-refractivity contribution < 1.29 is 67.5 Å². The summed E-state index contributed by atoms with van der Waals surface area (Å²) in [5.74, 6) is -0.483. The molecular formula is C58H46F8N18O7. The number of carbonyl (C=O) groups excluding carboxylic acids is 3. The van der Waals surface area contributed by atoms with Crippen molar-refractivity contribution in [1.82, 2.24) is 74.9 Å². The van der Waals surface area contributed by atoms with E-state index in [9.17, 15) is 49.5 Å². The van der Waals surface area contributed by atoms with E-state index in [0.717, 1.165) is 18.5 Å². The molecule has 0 bridgehead atoms. The highest BCUT2D eigenvalue weighted by atomic mass is 19.4. The van der Waals surface area contributed by atoms with Gasteiger partial charge in [0.25, 0.3) is 17.7 Å². The molecule has 33 heteroatoms. The second-order valence-corrected chi connectivity index (χ2v) is 19.6. The standard InChI is InChI=1S/C23H21F3N6O3.C18H13F3N6O2.C17H12F2N6O2/c1-2-34-15-8-14(9-15)32-12-17(21(31-32)16-4-3-5-20(29-16)23(24,25)26)30-22(33)19-7-6-18(35-19)13-10-27-28-11-13;19-18(20,21)10-27-9-13(16(26-27)12-3-1-2-6-22-12)25-17(28)15-5-4-14(29-15)11-7-23-24-8-11;18-17(19)25-9-12(15(24-25)11-3-1-2-6-20-11)23-16(26)14-5-4-13(27-14)10-7-21-22-8-10/h3-7,10-12,14-15H,2,8-9H2,1H3,(H,27,28)(H,30,33);1-9H,10H2,(H,23,24)(H,25,28);1-9,17H,(H,21,22)(H,23,26). The number of furan rings is 3. The third-order valence-electron chi connectivity index (χ3n) is 13.3. The average molecular weight is 1260 g/mol. The zero-order valence-electron chi connectivity index (χ0n) is 46.8. The van der Waals surface area contributed by atoms with Gasteiger partial charge in [-0.2, -0.15) is 65.7 Å². The summed E-state index contributed by atoms with van der Waals surface area (Å²) < 4.78 is 129. The number of carbonyl (C=O) groups is 3. The molecule has 12 aromatic rings. The van der Waals surface area contributed by atoms with Gasteiger partial charge in [0.15, 0.2) is 17.3 Å². The molecule has 0 saturated heterocycles. The van der Waals surface area contributed by atoms with Crippen LogP contribution in [0.3, 0.4) is 0 Å². The Labute approximate surface area is 505 Å². The number of ether oxygens (including phenoxy) is 1. The lowest BCUT2D eigenvalue weighted by molar-refractivity contribution is -0.142. The quantitative estimate of drug-likeness (QED) is 0.0462. The van der Waals surface area contributed by atoms with Gasteiger partial charge in [0.05, 0.1) is 87.8 Å². The van der Waals surface area contributed by atoms with Crippen molar-refractivity contribution in [3.05, 3.63) is 182 Å². The zero-order chi connectivity index (χ0) is 63.8. The number of amides is 3. The number of rotatable bonds is 17. The Kier molecular flexibility index (Phi) is 17.7. The second kappa shape index (κ2) is 26.4. The fraction of sp³-hybridized carbons (Fsp3) is 0.172. The molecule has 1 fully saturated rings. The molecule has 3 amide bonds. The Morgan fingerprint density at radius 3 is 1.51 bits per heavy atom. The summed E-state index contributed by atoms with van der Waals surface area (Å²) in [6.45, 7) is -1.64. The summed E-state index contributed by atoms with van der Waals surface area (Å²) in [4.78, 5) is 49.9. The molecule has 0 radical (unpaired) electrons. The Morgan fingerprint density at radius 2 is 1.07 bits per heavy atom. The highest BCUT2D eigenvalue weighted by Crippen LogP contribution is 2.39. The number of hydrogen-bond acceptors (Lipinski definition) is 16. The molecule has 12 heterocycles. The van der Waals surface area contributed by atoms with Crippen molar-refractivity contribution in [2.75, 3.05) is 22.6 Å². The van der Waals surface area contributed by atoms with Crippen molar-refractivity contribution >= 4 is 34.8 Å². The van der Waals surface area contributed by atoms with E-state index < -0.39 is 48.9 Å². The summed E-state index contributed by atoms with van der Waals surface area (Å²) in [6, 6.07) is 22.7. The molecule has 1 saturated carbocycles. The first-order valence-corrected chi connectivity index (χ1v) is 27.1. The summed E-state index contributed by atoms with van der Waals surface area (Å²) in [6.07, 6.45) is 8.66. The lowest BCUT2D eigenvalue weighted by Gasteiger charge is -2.34. The maximum atomic E-state index is 13.3. The van der Waals surface area contributed by atoms with Crippen LogP contribution in [-0.2, 0) is 17.5 Å². The first-order chi connectivity index (χ1) is 43.8. The lowest BCUT2D eigenvalue weighted by Crippen LogP contribution is -2.33. The number of nitrogens with zero attached hydrogens (tertiary/aromatic N) is 12. The molecule has 0 spiro atoms. The molecule has 13 rings (SSSR count). The Morgan fingerprint density at radius 1 is 0.593 bits per heavy atom. The predicted octanol–water partition coefficient (Wildman–Crippen LogP) is 12.3. The maximum absolute atomic E-state index is 13.3. The zero-order valence-corrected chi connectivity index (χ0v) is 46.8. The molecule has 0 atom stereocenters. The van der Waals surface area contributed by atoms with Crippen LogP contribution >= 0.6 is 0 Å². The molecule has 25 nitrogen and oxygen atoms in total. The van der Waals surface area contributed by atoms with Gasteiger partial charge in [-0.15, -0.1) is 0 Å². The fourth-order valence-corrected chi connectivity index (χ4v) is 9.01. The van der Waals surface area contributed by atoms with Gasteiger partial charge in [-0.3, -0.25) is 49.0 Å². The van der Waals surface area contributed by atoms with Gasteiger partial charge >= 0.3 is 18.9 Å². The van der Waals surface area contributed by atoms with E-state index in [0.29, 0.717) is 74.2 Å². The Balaban J connectivity index is 0.000000142. The van der Waals surface area contributed by atoms with Gasteiger partial charge in [0.1, 0.15) is 46.6 Å². The van der Waals surface area contributed by atoms with Crippen LogP contribution in [0.2, 0.25) is 0 Å². The highest BCUT2D eigenvalue weighted by Gasteiger charge is 2.36. The molecule has 1 aliphatic carbocycles. The predicted molar refractivity (Wildman–Crippen MR) is 305 cm³/mol. The van der Waals surface area contributed by atoms with Crippen LogP contribution in [0.15, 0.2) is 172 Å². The van der Waals surface area contributed by atoms with Crippen molar-refractivity contribution in [2.45, 2.75) is 57.4 Å². The minimum atomic E-state index is -4.61. The van der Waals surface area contributed by atoms with Crippen molar-refractivity contribution in [3.8, 4) is 68.1 Å². The Hall–Kier alpha value is -11.6. The molecule has 0 aliphatic heterocycles. The third-order valence-corrected chi connectivity index (χ3v) is 13.3. The first-order valence-electron chi connectivity index (χ1n) is 27.1. The van der Waals surface area contributed by atoms with Crippen molar-refractivity contribution in [3.63, 3.8) is 0 Å². The van der Waals surface area contributed by atoms with Crippen LogP contribution in [0, 0.1) is 0 Å². The van der Waals surface area contributed by atoms with Crippen molar-refractivity contribution in [2.24, 2.45) is 0 Å². The summed E-state index contributed by atoms with van der Waals surface area (Å²) in [7, 11) is 0. The SMILES string of the molecule is CCOC1CC(n2cc(NC(=O)c3ccc(-c4cn[nH]c4)o3)c(-c3cccc(C(F)(F)F)n3)n2)C1.O=C(Nc1cn(C(F)F)nc1-c1ccccn1)c1ccc(-c2cn[nH]c2)o1.O=C(Nc1cn(CC(F)(F)F)nc1-c1ccccn1)c1ccc(-c2cn[nH]c2)o1. The van der Waals surface area contributed by atoms with E-state index in [2.05, 4.69) is 76.8 Å². The van der Waals surface area contributed by atoms with E-state index in [1.54, 1.807) is 96.5 Å². The minimum absolute atomic E-state index is 0.00180. The highest BCUT2D eigenvalue weighted by molar-refractivity contribution is 6.06. The van der Waals surface area contributed by atoms with Gasteiger partial charge in [0, 0.05) is 50.0 Å². The summed E-state index contributed by atoms with van der Waals surface area (Å²) >= 11 is 0. The average Bonchev–Trinajstić information content (AvgIpc) is 2.58. The van der Waals surface area contributed by atoms with E-state index in [1.165, 1.54) is 48.9 Å². The molecule has 466 valence electrons. The molecule has 0 unspecified atom stereocenters. The molecule has 1 aliphatic rings. The number of nitrogens with one attached hydrogen (secondary N) is 6. The van der Waals surface area contributed by atoms with Crippen LogP contribution in [-0.4, -0.2) is 111 Å². The molecule has 0 aromatic carbocycles. The van der Waals surface area contributed by atoms with Gasteiger partial charge in [-0.05, 0) is 92.6 Å². The van der Waals surface area contributed by atoms with Gasteiger partial charge in [-0.1, -0.05) is 18.2 Å². The van der Waals surface area contributed by atoms with Gasteiger partial charge in [-0.25, -0.2) is 9.67 Å². The maximum Gasteiger partial charge on any atom is 0.433 e. The number of hydrogen-bond donors (Lipinski definition) is 6. The van der Waals surface area contributed by atoms with E-state index in [4.69, 9.17) is 18.0 Å². The van der Waals surface area contributed by atoms with Crippen LogP contribution in [0.5, 0.6) is 0 Å². The molecule has 6 N–H and O–H groups in total. The smallest absolute Gasteiger partial charge is 0.433 e. The van der Waals surface area contributed by atoms with Crippen LogP contribution in [0.25, 0.3) is 68.1 Å². The summed E-state index contributed by atoms with van der Waals surface area (Å²) in [5.41, 5.74) is 2.40. The number of aromatic amines is 3. The molecule has 91 heavy (non-hydrogen) atoms. The largest absolute Gasteiger partial charge is 0.451 e. The minimum Gasteiger partial charge on any atom is -0.451 e. The number of anilines is 3. The van der Waals surface area contributed by atoms with Crippen LogP contribution in [0.4, 0.5) is 52.2 Å². The number of aromatic nitrogens is 15. The van der Waals surface area contributed by atoms with E-state index >= 15 is 0 Å². The first kappa shape index (κ1) is 61.0. The monoisotopic (exact) mass is 1260 g/mol. The fourth-order valence-electron chi connectivity index (χ4n) is 9.01. The van der Waals surface area contributed by atoms with E-state index in [1.807, 2.05) is 6.92 Å².